The number of hydrogen-bond donors (Lipinski definition) is 2. The molecule has 0 aliphatic heterocycles. The highest BCUT2D eigenvalue weighted by atomic mass is 19.1. The van der Waals surface area contributed by atoms with E-state index in [1.54, 1.807) is 54.5 Å². The molecule has 8 heteroatoms. The van der Waals surface area contributed by atoms with Gasteiger partial charge >= 0.3 is 13.6 Å². The molecule has 1 atom stereocenters. The zero-order valence-electron chi connectivity index (χ0n) is 17.6. The highest BCUT2D eigenvalue weighted by molar-refractivity contribution is 6.47. The number of halogens is 1. The summed E-state index contributed by atoms with van der Waals surface area (Å²) in [6.45, 7) is 11.9. The van der Waals surface area contributed by atoms with Crippen molar-refractivity contribution in [3.05, 3.63) is 29.6 Å². The van der Waals surface area contributed by atoms with E-state index in [9.17, 15) is 19.6 Å². The Labute approximate surface area is 167 Å². The quantitative estimate of drug-likeness (QED) is 0.698. The highest BCUT2D eigenvalue weighted by Gasteiger charge is 2.35. The van der Waals surface area contributed by atoms with E-state index in [1.165, 1.54) is 19.6 Å². The number of amides is 1. The van der Waals surface area contributed by atoms with Gasteiger partial charge in [-0.05, 0) is 60.1 Å². The number of hydrogen-bond acceptors (Lipinski definition) is 5. The third-order valence-corrected chi connectivity index (χ3v) is 4.31. The van der Waals surface area contributed by atoms with Crippen LogP contribution < -0.4 is 10.8 Å². The van der Waals surface area contributed by atoms with E-state index in [1.807, 2.05) is 6.07 Å². The Morgan fingerprint density at radius 1 is 1.29 bits per heavy atom. The first kappa shape index (κ1) is 23.9. The van der Waals surface area contributed by atoms with Gasteiger partial charge in [0.1, 0.15) is 17.5 Å². The minimum absolute atomic E-state index is 0.00211. The van der Waals surface area contributed by atoms with Gasteiger partial charge in [0.15, 0.2) is 0 Å². The molecule has 6 nitrogen and oxygen atoms in total. The molecule has 0 heterocycles. The third-order valence-electron chi connectivity index (χ3n) is 4.31. The van der Waals surface area contributed by atoms with Crippen LogP contribution in [0.5, 0.6) is 0 Å². The van der Waals surface area contributed by atoms with Crippen molar-refractivity contribution in [2.45, 2.75) is 77.7 Å². The maximum absolute atomic E-state index is 14.4. The fourth-order valence-electron chi connectivity index (χ4n) is 1.96. The molecule has 0 saturated carbocycles. The average Bonchev–Trinajstić information content (AvgIpc) is 2.51. The normalized spacial score (nSPS) is 13.4. The van der Waals surface area contributed by atoms with Crippen LogP contribution in [0.1, 0.15) is 54.0 Å². The molecule has 1 rings (SSSR count). The minimum atomic E-state index is -1.09. The molecule has 0 fully saturated rings. The maximum atomic E-state index is 14.4. The number of nitrogens with one attached hydrogen (secondary N) is 1. The monoisotopic (exact) mass is 391 g/mol. The van der Waals surface area contributed by atoms with E-state index in [0.29, 0.717) is 5.46 Å². The van der Waals surface area contributed by atoms with Gasteiger partial charge in [-0.1, -0.05) is 17.6 Å². The molecule has 0 saturated heterocycles. The van der Waals surface area contributed by atoms with E-state index in [2.05, 4.69) is 5.32 Å². The number of aliphatic hydroxyl groups is 1. The largest absolute Gasteiger partial charge is 0.444 e. The standard InChI is InChI=1S/C20H29BFN2O4/c1-18(2,3)27-17(25)24-15(12-23)10-13-8-9-14(11-16(13)22)21-28-20(6,7)19(4,5)26/h8-9,11,15,26H,10H2,1-7H3,(H,24,25)/t15-/m0/s1. The summed E-state index contributed by atoms with van der Waals surface area (Å²) in [4.78, 5) is 11.8. The van der Waals surface area contributed by atoms with Crippen molar-refractivity contribution in [1.29, 1.82) is 5.26 Å². The van der Waals surface area contributed by atoms with Crippen LogP contribution in [-0.2, 0) is 15.8 Å². The lowest BCUT2D eigenvalue weighted by atomic mass is 9.82. The number of alkyl carbamates (subject to hydrolysis) is 1. The molecule has 0 aliphatic carbocycles. The van der Waals surface area contributed by atoms with Crippen LogP contribution in [0.25, 0.3) is 0 Å². The van der Waals surface area contributed by atoms with Gasteiger partial charge in [0.25, 0.3) is 0 Å². The summed E-state index contributed by atoms with van der Waals surface area (Å²) < 4.78 is 25.2. The predicted molar refractivity (Wildman–Crippen MR) is 106 cm³/mol. The van der Waals surface area contributed by atoms with Crippen molar-refractivity contribution < 1.29 is 23.7 Å². The highest BCUT2D eigenvalue weighted by Crippen LogP contribution is 2.24. The van der Waals surface area contributed by atoms with Crippen molar-refractivity contribution in [2.24, 2.45) is 0 Å². The van der Waals surface area contributed by atoms with E-state index >= 15 is 0 Å². The number of nitriles is 1. The first-order chi connectivity index (χ1) is 12.6. The molecular formula is C20H29BFN2O4. The molecule has 0 aliphatic rings. The molecule has 1 amide bonds. The molecule has 2 N–H and O–H groups in total. The average molecular weight is 391 g/mol. The number of carbonyl (C=O) groups excluding carboxylic acids is 1. The number of rotatable bonds is 7. The van der Waals surface area contributed by atoms with E-state index in [-0.39, 0.29) is 12.0 Å². The lowest BCUT2D eigenvalue weighted by Crippen LogP contribution is -2.49. The second-order valence-electron chi connectivity index (χ2n) is 8.69. The van der Waals surface area contributed by atoms with E-state index < -0.39 is 34.8 Å². The van der Waals surface area contributed by atoms with Crippen LogP contribution in [-0.4, -0.2) is 41.5 Å². The first-order valence-corrected chi connectivity index (χ1v) is 9.05. The van der Waals surface area contributed by atoms with Crippen LogP contribution >= 0.6 is 0 Å². The molecular weight excluding hydrogens is 362 g/mol. The summed E-state index contributed by atoms with van der Waals surface area (Å²) >= 11 is 0. The molecule has 153 valence electrons. The molecule has 0 bridgehead atoms. The Balaban J connectivity index is 2.76. The van der Waals surface area contributed by atoms with Crippen LogP contribution in [0.3, 0.4) is 0 Å². The van der Waals surface area contributed by atoms with E-state index in [0.717, 1.165) is 0 Å². The van der Waals surface area contributed by atoms with Gasteiger partial charge in [0.05, 0.1) is 17.3 Å². The summed E-state index contributed by atoms with van der Waals surface area (Å²) in [5, 5.41) is 21.8. The summed E-state index contributed by atoms with van der Waals surface area (Å²) in [7, 11) is 1.38. The Hall–Kier alpha value is -2.11. The zero-order chi connectivity index (χ0) is 21.8. The molecule has 1 aromatic carbocycles. The number of nitrogens with zero attached hydrogens (tertiary/aromatic N) is 1. The van der Waals surface area contributed by atoms with E-state index in [4.69, 9.17) is 9.39 Å². The maximum Gasteiger partial charge on any atom is 0.408 e. The van der Waals surface area contributed by atoms with Crippen LogP contribution in [0.4, 0.5) is 9.18 Å². The summed E-state index contributed by atoms with van der Waals surface area (Å²) in [5.74, 6) is -0.523. The van der Waals surface area contributed by atoms with Crippen LogP contribution in [0.2, 0.25) is 0 Å². The predicted octanol–water partition coefficient (Wildman–Crippen LogP) is 2.60. The molecule has 0 unspecified atom stereocenters. The van der Waals surface area contributed by atoms with Gasteiger partial charge in [-0.2, -0.15) is 5.26 Å². The third kappa shape index (κ3) is 7.49. The van der Waals surface area contributed by atoms with Crippen molar-refractivity contribution >= 4 is 19.0 Å². The van der Waals surface area contributed by atoms with Crippen LogP contribution in [0, 0.1) is 17.1 Å². The number of benzene rings is 1. The SMILES string of the molecule is CC(C)(C)OC(=O)N[C@H](C#N)Cc1ccc([B]OC(C)(C)C(C)(C)O)cc1F. The Morgan fingerprint density at radius 3 is 2.36 bits per heavy atom. The lowest BCUT2D eigenvalue weighted by molar-refractivity contribution is -0.0893. The van der Waals surface area contributed by atoms with Crippen molar-refractivity contribution in [3.8, 4) is 6.07 Å². The van der Waals surface area contributed by atoms with Gasteiger partial charge in [0, 0.05) is 6.42 Å². The van der Waals surface area contributed by atoms with Gasteiger partial charge in [-0.25, -0.2) is 9.18 Å². The summed E-state index contributed by atoms with van der Waals surface area (Å²) in [6, 6.07) is 5.45. The fourth-order valence-corrected chi connectivity index (χ4v) is 1.96. The molecule has 0 aromatic heterocycles. The minimum Gasteiger partial charge on any atom is -0.444 e. The van der Waals surface area contributed by atoms with Gasteiger partial charge in [-0.15, -0.1) is 0 Å². The topological polar surface area (TPSA) is 91.6 Å². The molecule has 1 radical (unpaired) electrons. The molecule has 0 spiro atoms. The first-order valence-electron chi connectivity index (χ1n) is 9.05. The Morgan fingerprint density at radius 2 is 1.89 bits per heavy atom. The summed E-state index contributed by atoms with van der Waals surface area (Å²) in [5.41, 5.74) is -1.89. The number of carbonyl (C=O) groups is 1. The smallest absolute Gasteiger partial charge is 0.408 e. The van der Waals surface area contributed by atoms with Gasteiger partial charge in [-0.3, -0.25) is 0 Å². The van der Waals surface area contributed by atoms with Crippen LogP contribution in [0.15, 0.2) is 18.2 Å². The van der Waals surface area contributed by atoms with Crippen molar-refractivity contribution in [3.63, 3.8) is 0 Å². The molecule has 1 aromatic rings. The van der Waals surface area contributed by atoms with Crippen molar-refractivity contribution in [1.82, 2.24) is 5.32 Å². The second-order valence-corrected chi connectivity index (χ2v) is 8.69. The lowest BCUT2D eigenvalue weighted by Gasteiger charge is -2.37. The second kappa shape index (κ2) is 8.93. The Kier molecular flexibility index (Phi) is 7.63. The van der Waals surface area contributed by atoms with Crippen molar-refractivity contribution in [2.75, 3.05) is 0 Å². The summed E-state index contributed by atoms with van der Waals surface area (Å²) in [6.07, 6.45) is -0.732. The number of ether oxygens (including phenoxy) is 1. The van der Waals surface area contributed by atoms with Gasteiger partial charge < -0.3 is 19.8 Å². The Bertz CT molecular complexity index is 733. The zero-order valence-corrected chi connectivity index (χ0v) is 17.6. The fraction of sp³-hybridized carbons (Fsp3) is 0.600. The molecule has 28 heavy (non-hydrogen) atoms. The van der Waals surface area contributed by atoms with Gasteiger partial charge in [0.2, 0.25) is 0 Å².